The van der Waals surface area contributed by atoms with E-state index in [-0.39, 0.29) is 5.91 Å². The van der Waals surface area contributed by atoms with Crippen molar-refractivity contribution in [3.05, 3.63) is 29.8 Å². The molecule has 0 aliphatic rings. The van der Waals surface area contributed by atoms with E-state index in [0.29, 0.717) is 18.2 Å². The first-order chi connectivity index (χ1) is 11.0. The molecule has 2 aromatic rings. The van der Waals surface area contributed by atoms with Gasteiger partial charge in [0.2, 0.25) is 5.91 Å². The highest BCUT2D eigenvalue weighted by atomic mass is 32.2. The number of nitrogens with zero attached hydrogens (tertiary/aromatic N) is 3. The van der Waals surface area contributed by atoms with Crippen molar-refractivity contribution in [2.75, 3.05) is 12.3 Å². The van der Waals surface area contributed by atoms with Crippen molar-refractivity contribution in [3.8, 4) is 11.4 Å². The number of hydrogen-bond acceptors (Lipinski definition) is 4. The van der Waals surface area contributed by atoms with Gasteiger partial charge in [-0.3, -0.25) is 4.79 Å². The lowest BCUT2D eigenvalue weighted by Crippen LogP contribution is -2.28. The lowest BCUT2D eigenvalue weighted by atomic mass is 10.1. The Morgan fingerprint density at radius 1 is 1.30 bits per heavy atom. The van der Waals surface area contributed by atoms with Crippen LogP contribution in [-0.2, 0) is 11.3 Å². The Hall–Kier alpha value is -1.82. The SMILES string of the molecule is CCn1c(SCC(=O)NCC(C)C)nnc1-c1ccccc1C. The zero-order valence-corrected chi connectivity index (χ0v) is 15.0. The molecule has 0 fully saturated rings. The summed E-state index contributed by atoms with van der Waals surface area (Å²) in [5, 5.41) is 12.3. The number of carbonyl (C=O) groups is 1. The summed E-state index contributed by atoms with van der Waals surface area (Å²) < 4.78 is 2.06. The third kappa shape index (κ3) is 4.58. The quantitative estimate of drug-likeness (QED) is 0.791. The van der Waals surface area contributed by atoms with E-state index in [2.05, 4.69) is 59.9 Å². The minimum atomic E-state index is 0.0341. The zero-order valence-electron chi connectivity index (χ0n) is 14.2. The molecule has 6 heteroatoms. The van der Waals surface area contributed by atoms with Gasteiger partial charge in [0, 0.05) is 18.7 Å². The Balaban J connectivity index is 2.10. The van der Waals surface area contributed by atoms with E-state index in [1.807, 2.05) is 12.1 Å². The number of hydrogen-bond donors (Lipinski definition) is 1. The molecule has 0 bridgehead atoms. The van der Waals surface area contributed by atoms with Crippen LogP contribution in [0.2, 0.25) is 0 Å². The van der Waals surface area contributed by atoms with Crippen LogP contribution in [0.25, 0.3) is 11.4 Å². The molecule has 0 saturated heterocycles. The summed E-state index contributed by atoms with van der Waals surface area (Å²) in [5.74, 6) is 1.71. The minimum Gasteiger partial charge on any atom is -0.355 e. The highest BCUT2D eigenvalue weighted by Gasteiger charge is 2.15. The molecule has 5 nitrogen and oxygen atoms in total. The molecule has 0 atom stereocenters. The summed E-state index contributed by atoms with van der Waals surface area (Å²) in [6.45, 7) is 9.76. The predicted octanol–water partition coefficient (Wildman–Crippen LogP) is 3.14. The monoisotopic (exact) mass is 332 g/mol. The van der Waals surface area contributed by atoms with Gasteiger partial charge in [-0.15, -0.1) is 10.2 Å². The van der Waals surface area contributed by atoms with Crippen molar-refractivity contribution < 1.29 is 4.79 Å². The third-order valence-corrected chi connectivity index (χ3v) is 4.43. The van der Waals surface area contributed by atoms with Gasteiger partial charge in [0.25, 0.3) is 0 Å². The van der Waals surface area contributed by atoms with E-state index in [4.69, 9.17) is 0 Å². The van der Waals surface area contributed by atoms with Gasteiger partial charge < -0.3 is 9.88 Å². The van der Waals surface area contributed by atoms with Crippen LogP contribution in [-0.4, -0.2) is 33.0 Å². The second-order valence-electron chi connectivity index (χ2n) is 5.85. The van der Waals surface area contributed by atoms with Crippen molar-refractivity contribution in [1.82, 2.24) is 20.1 Å². The highest BCUT2D eigenvalue weighted by Crippen LogP contribution is 2.26. The summed E-state index contributed by atoms with van der Waals surface area (Å²) >= 11 is 1.43. The maximum Gasteiger partial charge on any atom is 0.230 e. The summed E-state index contributed by atoms with van der Waals surface area (Å²) in [6.07, 6.45) is 0. The van der Waals surface area contributed by atoms with Gasteiger partial charge in [-0.1, -0.05) is 49.9 Å². The number of rotatable bonds is 7. The molecule has 0 saturated carbocycles. The molecule has 1 aromatic carbocycles. The van der Waals surface area contributed by atoms with Gasteiger partial charge in [-0.05, 0) is 25.3 Å². The highest BCUT2D eigenvalue weighted by molar-refractivity contribution is 7.99. The molecular formula is C17H24N4OS. The van der Waals surface area contributed by atoms with E-state index in [0.717, 1.165) is 23.1 Å². The van der Waals surface area contributed by atoms with Gasteiger partial charge >= 0.3 is 0 Å². The fraction of sp³-hybridized carbons (Fsp3) is 0.471. The predicted molar refractivity (Wildman–Crippen MR) is 94.4 cm³/mol. The van der Waals surface area contributed by atoms with Crippen molar-refractivity contribution >= 4 is 17.7 Å². The molecule has 124 valence electrons. The summed E-state index contributed by atoms with van der Waals surface area (Å²) in [7, 11) is 0. The van der Waals surface area contributed by atoms with Gasteiger partial charge in [-0.2, -0.15) is 0 Å². The number of carbonyl (C=O) groups excluding carboxylic acids is 1. The Kier molecular flexibility index (Phi) is 6.21. The van der Waals surface area contributed by atoms with Crippen molar-refractivity contribution in [2.45, 2.75) is 39.4 Å². The number of thioether (sulfide) groups is 1. The smallest absolute Gasteiger partial charge is 0.230 e. The molecule has 0 spiro atoms. The number of aromatic nitrogens is 3. The molecule has 1 amide bonds. The third-order valence-electron chi connectivity index (χ3n) is 3.46. The van der Waals surface area contributed by atoms with Crippen LogP contribution in [0.1, 0.15) is 26.3 Å². The standard InChI is InChI=1S/C17H24N4OS/c1-5-21-16(14-9-7-6-8-13(14)4)19-20-17(21)23-11-15(22)18-10-12(2)3/h6-9,12H,5,10-11H2,1-4H3,(H,18,22). The van der Waals surface area contributed by atoms with Crippen LogP contribution in [0.5, 0.6) is 0 Å². The lowest BCUT2D eigenvalue weighted by Gasteiger charge is -2.10. The minimum absolute atomic E-state index is 0.0341. The molecule has 0 unspecified atom stereocenters. The molecule has 1 aromatic heterocycles. The number of aryl methyl sites for hydroxylation is 1. The van der Waals surface area contributed by atoms with Crippen LogP contribution in [0, 0.1) is 12.8 Å². The second-order valence-corrected chi connectivity index (χ2v) is 6.79. The largest absolute Gasteiger partial charge is 0.355 e. The normalized spacial score (nSPS) is 11.0. The molecule has 1 N–H and O–H groups in total. The van der Waals surface area contributed by atoms with Crippen LogP contribution in [0.15, 0.2) is 29.4 Å². The topological polar surface area (TPSA) is 59.8 Å². The summed E-state index contributed by atoms with van der Waals surface area (Å²) in [4.78, 5) is 11.9. The first-order valence-electron chi connectivity index (χ1n) is 7.91. The average molecular weight is 332 g/mol. The van der Waals surface area contributed by atoms with Crippen LogP contribution in [0.4, 0.5) is 0 Å². The van der Waals surface area contributed by atoms with Crippen molar-refractivity contribution in [3.63, 3.8) is 0 Å². The molecule has 0 aliphatic heterocycles. The zero-order chi connectivity index (χ0) is 16.8. The fourth-order valence-corrected chi connectivity index (χ4v) is 3.03. The summed E-state index contributed by atoms with van der Waals surface area (Å²) in [5.41, 5.74) is 2.25. The second kappa shape index (κ2) is 8.15. The fourth-order valence-electron chi connectivity index (χ4n) is 2.20. The summed E-state index contributed by atoms with van der Waals surface area (Å²) in [6, 6.07) is 8.13. The molecular weight excluding hydrogens is 308 g/mol. The Morgan fingerprint density at radius 2 is 2.04 bits per heavy atom. The number of benzene rings is 1. The Labute approximate surface area is 141 Å². The van der Waals surface area contributed by atoms with Gasteiger partial charge in [0.15, 0.2) is 11.0 Å². The van der Waals surface area contributed by atoms with Crippen molar-refractivity contribution in [1.29, 1.82) is 0 Å². The molecule has 0 aliphatic carbocycles. The number of nitrogens with one attached hydrogen (secondary N) is 1. The van der Waals surface area contributed by atoms with Crippen molar-refractivity contribution in [2.24, 2.45) is 5.92 Å². The van der Waals surface area contributed by atoms with Crippen LogP contribution in [0.3, 0.4) is 0 Å². The Bertz CT molecular complexity index is 666. The van der Waals surface area contributed by atoms with E-state index in [9.17, 15) is 4.79 Å². The first kappa shape index (κ1) is 17.5. The average Bonchev–Trinajstić information content (AvgIpc) is 2.94. The molecule has 1 heterocycles. The van der Waals surface area contributed by atoms with Gasteiger partial charge in [0.1, 0.15) is 0 Å². The lowest BCUT2D eigenvalue weighted by molar-refractivity contribution is -0.118. The van der Waals surface area contributed by atoms with E-state index in [1.54, 1.807) is 0 Å². The van der Waals surface area contributed by atoms with E-state index in [1.165, 1.54) is 17.3 Å². The van der Waals surface area contributed by atoms with Gasteiger partial charge in [-0.25, -0.2) is 0 Å². The van der Waals surface area contributed by atoms with Crippen LogP contribution >= 0.6 is 11.8 Å². The molecule has 2 rings (SSSR count). The van der Waals surface area contributed by atoms with E-state index >= 15 is 0 Å². The van der Waals surface area contributed by atoms with E-state index < -0.39 is 0 Å². The molecule has 0 radical (unpaired) electrons. The van der Waals surface area contributed by atoms with Crippen LogP contribution < -0.4 is 5.32 Å². The molecule has 23 heavy (non-hydrogen) atoms. The maximum absolute atomic E-state index is 11.9. The Morgan fingerprint density at radius 3 is 2.70 bits per heavy atom. The first-order valence-corrected chi connectivity index (χ1v) is 8.90. The number of amides is 1. The van der Waals surface area contributed by atoms with Gasteiger partial charge in [0.05, 0.1) is 5.75 Å². The maximum atomic E-state index is 11.9.